The number of pyridine rings is 1. The van der Waals surface area contributed by atoms with Gasteiger partial charge < -0.3 is 98.8 Å². The van der Waals surface area contributed by atoms with Gasteiger partial charge in [-0.1, -0.05) is 36.4 Å². The monoisotopic (exact) mass is 910 g/mol. The van der Waals surface area contributed by atoms with Crippen LogP contribution in [0.4, 0.5) is 5.69 Å². The van der Waals surface area contributed by atoms with Crippen LogP contribution in [0.2, 0.25) is 0 Å². The normalized spacial score (nSPS) is 40.3. The number of aromatic nitrogens is 1. The summed E-state index contributed by atoms with van der Waals surface area (Å²) in [5, 5.41) is 71.1. The van der Waals surface area contributed by atoms with E-state index in [4.69, 9.17) is 67.8 Å². The molecule has 3 saturated heterocycles. The van der Waals surface area contributed by atoms with Gasteiger partial charge in [0.1, 0.15) is 61.0 Å². The van der Waals surface area contributed by atoms with Crippen LogP contribution < -0.4 is 39.7 Å². The number of benzene rings is 2. The number of thioether (sulfide) groups is 2. The van der Waals surface area contributed by atoms with Gasteiger partial charge in [0, 0.05) is 65.5 Å². The van der Waals surface area contributed by atoms with E-state index in [1.165, 1.54) is 0 Å². The largest absolute Gasteiger partial charge is 0.389 e. The van der Waals surface area contributed by atoms with Crippen LogP contribution >= 0.6 is 23.5 Å². The molecule has 20 nitrogen and oxygen atoms in total. The maximum Gasteiger partial charge on any atom is 0.187 e. The first-order valence-corrected chi connectivity index (χ1v) is 23.2. The highest BCUT2D eigenvalue weighted by Crippen LogP contribution is 2.36. The van der Waals surface area contributed by atoms with E-state index in [2.05, 4.69) is 17.4 Å². The molecule has 2 aromatic carbocycles. The number of nitrogens with two attached hydrogens (primary N) is 6. The van der Waals surface area contributed by atoms with Crippen LogP contribution in [-0.4, -0.2) is 195 Å². The lowest BCUT2D eigenvalue weighted by Gasteiger charge is -2.47. The third-order valence-corrected chi connectivity index (χ3v) is 14.3. The smallest absolute Gasteiger partial charge is 0.187 e. The molecule has 0 spiro atoms. The number of hydrogen-bond acceptors (Lipinski definition) is 22. The van der Waals surface area contributed by atoms with Crippen LogP contribution in [0.5, 0.6) is 0 Å². The summed E-state index contributed by atoms with van der Waals surface area (Å²) in [7, 11) is 0. The second-order valence-electron chi connectivity index (χ2n) is 16.2. The number of hydrogen-bond donors (Lipinski definition) is 13. The third-order valence-electron chi connectivity index (χ3n) is 12.0. The van der Waals surface area contributed by atoms with E-state index in [0.717, 1.165) is 45.5 Å². The number of para-hydroxylation sites is 2. The predicted molar refractivity (Wildman–Crippen MR) is 234 cm³/mol. The number of nitrogens with zero attached hydrogens (tertiary/aromatic N) is 1. The van der Waals surface area contributed by atoms with E-state index in [-0.39, 0.29) is 19.5 Å². The minimum absolute atomic E-state index is 0.108. The van der Waals surface area contributed by atoms with Crippen molar-refractivity contribution in [1.82, 2.24) is 4.98 Å². The predicted octanol–water partition coefficient (Wildman–Crippen LogP) is -3.61. The van der Waals surface area contributed by atoms with Gasteiger partial charge in [-0.25, -0.2) is 4.98 Å². The van der Waals surface area contributed by atoms with Crippen molar-refractivity contribution < 1.29 is 59.1 Å². The summed E-state index contributed by atoms with van der Waals surface area (Å²) in [5.74, 6) is 2.67. The molecule has 0 radical (unpaired) electrons. The summed E-state index contributed by atoms with van der Waals surface area (Å²) in [4.78, 5) is 4.80. The lowest BCUT2D eigenvalue weighted by Crippen LogP contribution is -2.68. The van der Waals surface area contributed by atoms with E-state index < -0.39 is 116 Å². The zero-order valence-electron chi connectivity index (χ0n) is 34.1. The molecule has 4 fully saturated rings. The summed E-state index contributed by atoms with van der Waals surface area (Å²) in [5.41, 5.74) is 39.7. The average Bonchev–Trinajstić information content (AvgIpc) is 3.56. The van der Waals surface area contributed by atoms with Gasteiger partial charge in [-0.05, 0) is 18.6 Å². The zero-order chi connectivity index (χ0) is 44.2. The number of fused-ring (bicyclic) bond motifs is 2. The standard InChI is InChI=1S/C40H62N8O12S2/c41-14-23-30(50)32(52)26(45)38(55-23)58-35-20(44)13-19(43)29(49)37(35)60-40-34(54)36(59-39-27(46)33(53)31(51)24(15-42)56-39)25(57-40)16-62-12-11-61-10-9-47-28-17-5-1-3-7-21(17)48-22-8-4-2-6-18(22)28/h1-8,19-20,23-27,29-40,49-54H,9-16,41-46H2,(H,47,48)/t19-,20+,23-,24+,25-,26-,27-,29+,30-,31-,32-,33-,34-,35-,36-,37-,38-,39-,40+/m1/s1. The second kappa shape index (κ2) is 21.5. The highest BCUT2D eigenvalue weighted by Gasteiger charge is 2.54. The second-order valence-corrected chi connectivity index (χ2v) is 18.6. The Morgan fingerprint density at radius 1 is 0.581 bits per heavy atom. The Labute approximate surface area is 367 Å². The van der Waals surface area contributed by atoms with Crippen LogP contribution in [0.25, 0.3) is 21.8 Å². The molecule has 19 N–H and O–H groups in total. The number of aliphatic hydroxyl groups is 6. The maximum atomic E-state index is 11.8. The van der Waals surface area contributed by atoms with Crippen LogP contribution in [0.1, 0.15) is 6.42 Å². The first-order valence-electron chi connectivity index (χ1n) is 20.9. The molecule has 19 atom stereocenters. The minimum Gasteiger partial charge on any atom is -0.389 e. The Morgan fingerprint density at radius 3 is 1.68 bits per heavy atom. The summed E-state index contributed by atoms with van der Waals surface area (Å²) in [6.07, 6.45) is -18.8. The highest BCUT2D eigenvalue weighted by molar-refractivity contribution is 8.02. The van der Waals surface area contributed by atoms with Gasteiger partial charge in [-0.15, -0.1) is 0 Å². The van der Waals surface area contributed by atoms with Gasteiger partial charge in [0.25, 0.3) is 0 Å². The molecule has 1 saturated carbocycles. The van der Waals surface area contributed by atoms with Crippen molar-refractivity contribution >= 4 is 51.0 Å². The average molecular weight is 911 g/mol. The number of aliphatic hydroxyl groups excluding tert-OH is 6. The SMILES string of the molecule is NC[C@@H]1O[C@H](O[C@H]2[C@@H](O)[C@H](O[C@@H]3[C@@H](O)[C@H](N)C[C@H](N)[C@H]3O[C@H]3O[C@H](CN)[C@@H](O)[C@H](O)[C@H]3N)O[C@@H]2CSCCSCCNc2c3ccccc3nc3ccccc23)[C@H](N)[C@@H](O)[C@@H]1O. The third kappa shape index (κ3) is 10.3. The van der Waals surface area contributed by atoms with Gasteiger partial charge in [-0.2, -0.15) is 23.5 Å². The fraction of sp³-hybridized carbons (Fsp3) is 0.675. The van der Waals surface area contributed by atoms with Gasteiger partial charge in [0.2, 0.25) is 0 Å². The summed E-state index contributed by atoms with van der Waals surface area (Å²) in [6.45, 7) is 0.443. The summed E-state index contributed by atoms with van der Waals surface area (Å²) >= 11 is 3.33. The lowest BCUT2D eigenvalue weighted by atomic mass is 9.84. The first-order chi connectivity index (χ1) is 29.8. The Hall–Kier alpha value is -2.11. The zero-order valence-corrected chi connectivity index (χ0v) is 35.7. The van der Waals surface area contributed by atoms with Crippen molar-refractivity contribution in [3.63, 3.8) is 0 Å². The van der Waals surface area contributed by atoms with E-state index in [0.29, 0.717) is 11.5 Å². The van der Waals surface area contributed by atoms with Crippen LogP contribution in [-0.2, 0) is 28.4 Å². The molecular formula is C40H62N8O12S2. The Bertz CT molecular complexity index is 1850. The van der Waals surface area contributed by atoms with E-state index >= 15 is 0 Å². The van der Waals surface area contributed by atoms with Crippen LogP contribution in [0.3, 0.4) is 0 Å². The number of nitrogens with one attached hydrogen (secondary N) is 1. The topological polar surface area (TPSA) is 358 Å². The quantitative estimate of drug-likeness (QED) is 0.0459. The molecular weight excluding hydrogens is 849 g/mol. The molecule has 3 aromatic rings. The van der Waals surface area contributed by atoms with E-state index in [1.54, 1.807) is 23.5 Å². The Balaban J connectivity index is 0.996. The number of rotatable bonds is 17. The van der Waals surface area contributed by atoms with E-state index in [9.17, 15) is 30.6 Å². The van der Waals surface area contributed by atoms with Crippen molar-refractivity contribution in [1.29, 1.82) is 0 Å². The number of ether oxygens (including phenoxy) is 6. The minimum atomic E-state index is -1.51. The first kappa shape index (κ1) is 47.8. The fourth-order valence-corrected chi connectivity index (χ4v) is 10.5. The molecule has 1 aromatic heterocycles. The van der Waals surface area contributed by atoms with Crippen LogP contribution in [0.15, 0.2) is 48.5 Å². The Morgan fingerprint density at radius 2 is 1.10 bits per heavy atom. The highest BCUT2D eigenvalue weighted by atomic mass is 32.2. The molecule has 0 bridgehead atoms. The van der Waals surface area contributed by atoms with Crippen LogP contribution in [0, 0.1) is 0 Å². The molecule has 1 aliphatic carbocycles. The molecule has 0 unspecified atom stereocenters. The van der Waals surface area contributed by atoms with E-state index in [1.807, 2.05) is 36.4 Å². The molecule has 4 aliphatic rings. The fourth-order valence-electron chi connectivity index (χ4n) is 8.43. The molecule has 4 heterocycles. The molecule has 0 amide bonds. The van der Waals surface area contributed by atoms with Gasteiger partial charge in [0.05, 0.1) is 41.0 Å². The number of anilines is 1. The van der Waals surface area contributed by atoms with Crippen molar-refractivity contribution in [3.8, 4) is 0 Å². The van der Waals surface area contributed by atoms with Crippen molar-refractivity contribution in [2.45, 2.75) is 123 Å². The molecule has 7 rings (SSSR count). The molecule has 3 aliphatic heterocycles. The summed E-state index contributed by atoms with van der Waals surface area (Å²) in [6, 6.07) is 12.0. The molecule has 346 valence electrons. The van der Waals surface area contributed by atoms with Gasteiger partial charge >= 0.3 is 0 Å². The lowest BCUT2D eigenvalue weighted by molar-refractivity contribution is -0.306. The Kier molecular flexibility index (Phi) is 16.6. The van der Waals surface area contributed by atoms with Crippen molar-refractivity contribution in [2.75, 3.05) is 48.0 Å². The molecule has 62 heavy (non-hydrogen) atoms. The molecule has 22 heteroatoms. The van der Waals surface area contributed by atoms with Gasteiger partial charge in [0.15, 0.2) is 18.9 Å². The summed E-state index contributed by atoms with van der Waals surface area (Å²) < 4.78 is 36.7. The van der Waals surface area contributed by atoms with Crippen molar-refractivity contribution in [3.05, 3.63) is 48.5 Å². The van der Waals surface area contributed by atoms with Crippen molar-refractivity contribution in [2.24, 2.45) is 34.4 Å². The van der Waals surface area contributed by atoms with Gasteiger partial charge in [-0.3, -0.25) is 0 Å². The maximum absolute atomic E-state index is 11.8.